The van der Waals surface area contributed by atoms with E-state index in [1.165, 1.54) is 29.6 Å². The van der Waals surface area contributed by atoms with Crippen molar-refractivity contribution in [3.05, 3.63) is 79.7 Å². The molecule has 0 spiro atoms. The zero-order valence-corrected chi connectivity index (χ0v) is 29.0. The number of carbonyl (C=O) groups excluding carboxylic acids is 2. The van der Waals surface area contributed by atoms with E-state index in [0.717, 1.165) is 51.9 Å². The van der Waals surface area contributed by atoms with Crippen molar-refractivity contribution in [2.24, 2.45) is 11.3 Å². The molecule has 0 bridgehead atoms. The van der Waals surface area contributed by atoms with E-state index in [4.69, 9.17) is 4.98 Å². The number of fused-ring (bicyclic) bond motifs is 3. The Labute approximate surface area is 277 Å². The van der Waals surface area contributed by atoms with E-state index in [1.807, 2.05) is 36.9 Å². The molecule has 2 aromatic heterocycles. The molecule has 46 heavy (non-hydrogen) atoms. The minimum absolute atomic E-state index is 0.0436. The first-order valence-electron chi connectivity index (χ1n) is 15.9. The van der Waals surface area contributed by atoms with Crippen LogP contribution >= 0.6 is 23.1 Å². The number of piperazine rings is 1. The fourth-order valence-electron chi connectivity index (χ4n) is 6.79. The number of rotatable bonds is 6. The number of halogens is 1. The molecule has 3 heterocycles. The number of nitrogens with zero attached hydrogens (tertiary/aromatic N) is 4. The maximum Gasteiger partial charge on any atom is 0.267 e. The van der Waals surface area contributed by atoms with Gasteiger partial charge in [0.05, 0.1) is 22.5 Å². The van der Waals surface area contributed by atoms with Gasteiger partial charge in [-0.25, -0.2) is 9.37 Å². The number of hydrogen-bond acceptors (Lipinski definition) is 7. The second kappa shape index (κ2) is 12.6. The molecule has 2 aromatic carbocycles. The molecule has 4 aromatic rings. The Bertz CT molecular complexity index is 1880. The lowest BCUT2D eigenvalue weighted by molar-refractivity contribution is -0.128. The predicted molar refractivity (Wildman–Crippen MR) is 186 cm³/mol. The lowest BCUT2D eigenvalue weighted by Gasteiger charge is -2.36. The molecule has 242 valence electrons. The fraction of sp³-hybridized carbons (Fsp3) is 0.444. The van der Waals surface area contributed by atoms with E-state index < -0.39 is 5.82 Å². The molecule has 1 atom stereocenters. The SMILES string of the molecule is CC(=O)c1ccc(N2CCN(C(=O)CSc3nc4sc5c(c4c(=O)n3-c3c(C)cccc3C)CCC(C(C)(C)C)C5)CC2)c(F)c1. The van der Waals surface area contributed by atoms with Crippen molar-refractivity contribution >= 4 is 50.7 Å². The number of thiophene rings is 1. The smallest absolute Gasteiger partial charge is 0.267 e. The first-order valence-corrected chi connectivity index (χ1v) is 17.7. The summed E-state index contributed by atoms with van der Waals surface area (Å²) >= 11 is 2.94. The summed E-state index contributed by atoms with van der Waals surface area (Å²) in [6, 6.07) is 10.6. The Morgan fingerprint density at radius 3 is 2.39 bits per heavy atom. The zero-order valence-electron chi connectivity index (χ0n) is 27.4. The Hall–Kier alpha value is -3.50. The monoisotopic (exact) mass is 660 g/mol. The molecule has 10 heteroatoms. The van der Waals surface area contributed by atoms with Crippen molar-refractivity contribution in [2.75, 3.05) is 36.8 Å². The number of amides is 1. The van der Waals surface area contributed by atoms with E-state index in [2.05, 4.69) is 20.8 Å². The van der Waals surface area contributed by atoms with Crippen LogP contribution in [0, 0.1) is 31.0 Å². The zero-order chi connectivity index (χ0) is 32.9. The Morgan fingerprint density at radius 2 is 1.76 bits per heavy atom. The second-order valence-electron chi connectivity index (χ2n) is 13.6. The third-order valence-electron chi connectivity index (χ3n) is 9.59. The van der Waals surface area contributed by atoms with Crippen molar-refractivity contribution in [3.8, 4) is 5.69 Å². The van der Waals surface area contributed by atoms with Gasteiger partial charge in [0.1, 0.15) is 10.6 Å². The summed E-state index contributed by atoms with van der Waals surface area (Å²) in [6.45, 7) is 14.2. The van der Waals surface area contributed by atoms with Gasteiger partial charge in [-0.1, -0.05) is 50.7 Å². The van der Waals surface area contributed by atoms with Crippen molar-refractivity contribution in [1.82, 2.24) is 14.5 Å². The molecule has 1 unspecified atom stereocenters. The predicted octanol–water partition coefficient (Wildman–Crippen LogP) is 7.00. The lowest BCUT2D eigenvalue weighted by Crippen LogP contribution is -2.49. The van der Waals surface area contributed by atoms with Crippen LogP contribution in [-0.2, 0) is 17.6 Å². The van der Waals surface area contributed by atoms with Crippen molar-refractivity contribution in [1.29, 1.82) is 0 Å². The highest BCUT2D eigenvalue weighted by Gasteiger charge is 2.33. The van der Waals surface area contributed by atoms with Crippen LogP contribution in [0.4, 0.5) is 10.1 Å². The van der Waals surface area contributed by atoms with E-state index in [9.17, 15) is 18.8 Å². The third kappa shape index (κ3) is 6.13. The number of aromatic nitrogens is 2. The quantitative estimate of drug-likeness (QED) is 0.126. The van der Waals surface area contributed by atoms with Gasteiger partial charge in [-0.2, -0.15) is 0 Å². The normalized spacial score (nSPS) is 17.0. The van der Waals surface area contributed by atoms with Crippen LogP contribution in [0.3, 0.4) is 0 Å². The standard InChI is InChI=1S/C36H41FN4O3S2/c1-21-8-7-9-22(2)32(21)41-34(44)31-26-12-11-25(36(4,5)6)19-29(26)46-33(31)38-35(41)45-20-30(43)40-16-14-39(15-17-40)28-13-10-24(23(3)42)18-27(28)37/h7-10,13,18,25H,11-12,14-17,19-20H2,1-6H3. The molecule has 1 saturated heterocycles. The third-order valence-corrected chi connectivity index (χ3v) is 11.7. The van der Waals surface area contributed by atoms with Crippen LogP contribution in [0.5, 0.6) is 0 Å². The highest BCUT2D eigenvalue weighted by molar-refractivity contribution is 7.99. The van der Waals surface area contributed by atoms with Gasteiger partial charge in [-0.05, 0) is 86.3 Å². The van der Waals surface area contributed by atoms with Crippen LogP contribution in [0.1, 0.15) is 66.0 Å². The molecular weight excluding hydrogens is 620 g/mol. The first kappa shape index (κ1) is 32.4. The van der Waals surface area contributed by atoms with Crippen molar-refractivity contribution in [3.63, 3.8) is 0 Å². The molecule has 1 aliphatic carbocycles. The second-order valence-corrected chi connectivity index (χ2v) is 15.7. The van der Waals surface area contributed by atoms with E-state index in [0.29, 0.717) is 48.5 Å². The minimum Gasteiger partial charge on any atom is -0.366 e. The maximum absolute atomic E-state index is 14.8. The summed E-state index contributed by atoms with van der Waals surface area (Å²) in [6.07, 6.45) is 2.89. The molecule has 7 nitrogen and oxygen atoms in total. The number of anilines is 1. The van der Waals surface area contributed by atoms with Gasteiger partial charge in [-0.3, -0.25) is 19.0 Å². The highest BCUT2D eigenvalue weighted by atomic mass is 32.2. The van der Waals surface area contributed by atoms with E-state index >= 15 is 0 Å². The molecule has 0 radical (unpaired) electrons. The topological polar surface area (TPSA) is 75.5 Å². The van der Waals surface area contributed by atoms with Gasteiger partial charge in [-0.15, -0.1) is 11.3 Å². The van der Waals surface area contributed by atoms with E-state index in [-0.39, 0.29) is 28.4 Å². The van der Waals surface area contributed by atoms with Crippen LogP contribution in [0.2, 0.25) is 0 Å². The van der Waals surface area contributed by atoms with Gasteiger partial charge in [0.2, 0.25) is 5.91 Å². The summed E-state index contributed by atoms with van der Waals surface area (Å²) in [5.74, 6) is 0.0399. The fourth-order valence-corrected chi connectivity index (χ4v) is 9.04. The lowest BCUT2D eigenvalue weighted by atomic mass is 9.72. The number of para-hydroxylation sites is 1. The Balaban J connectivity index is 1.26. The largest absolute Gasteiger partial charge is 0.366 e. The van der Waals surface area contributed by atoms with Gasteiger partial charge in [0, 0.05) is 36.6 Å². The summed E-state index contributed by atoms with van der Waals surface area (Å²) in [5.41, 5.74) is 4.85. The van der Waals surface area contributed by atoms with Crippen LogP contribution in [0.25, 0.3) is 15.9 Å². The number of carbonyl (C=O) groups is 2. The molecule has 0 N–H and O–H groups in total. The molecular formula is C36H41FN4O3S2. The molecule has 0 saturated carbocycles. The molecule has 2 aliphatic rings. The van der Waals surface area contributed by atoms with Gasteiger partial charge in [0.25, 0.3) is 5.56 Å². The van der Waals surface area contributed by atoms with Crippen LogP contribution < -0.4 is 10.5 Å². The molecule has 1 aliphatic heterocycles. The first-order chi connectivity index (χ1) is 21.8. The summed E-state index contributed by atoms with van der Waals surface area (Å²) in [7, 11) is 0. The molecule has 6 rings (SSSR count). The number of benzene rings is 2. The average molecular weight is 661 g/mol. The summed E-state index contributed by atoms with van der Waals surface area (Å²) < 4.78 is 16.5. The number of hydrogen-bond donors (Lipinski definition) is 0. The summed E-state index contributed by atoms with van der Waals surface area (Å²) in [5, 5.41) is 1.26. The number of Topliss-reactive ketones (excluding diaryl/α,β-unsaturated/α-hetero) is 1. The van der Waals surface area contributed by atoms with Crippen LogP contribution in [-0.4, -0.2) is 58.1 Å². The van der Waals surface area contributed by atoms with Gasteiger partial charge in [0.15, 0.2) is 10.9 Å². The van der Waals surface area contributed by atoms with E-state index in [1.54, 1.807) is 32.9 Å². The highest BCUT2D eigenvalue weighted by Crippen LogP contribution is 2.42. The van der Waals surface area contributed by atoms with Gasteiger partial charge < -0.3 is 9.80 Å². The average Bonchev–Trinajstić information content (AvgIpc) is 3.38. The van der Waals surface area contributed by atoms with Crippen molar-refractivity contribution in [2.45, 2.75) is 66.0 Å². The van der Waals surface area contributed by atoms with Crippen LogP contribution in [0.15, 0.2) is 46.3 Å². The number of thioether (sulfide) groups is 1. The Morgan fingerprint density at radius 1 is 1.07 bits per heavy atom. The maximum atomic E-state index is 14.8. The summed E-state index contributed by atoms with van der Waals surface area (Å²) in [4.78, 5) is 50.4. The van der Waals surface area contributed by atoms with Crippen molar-refractivity contribution < 1.29 is 14.0 Å². The number of ketones is 1. The Kier molecular flexibility index (Phi) is 8.89. The molecule has 1 amide bonds. The molecule has 1 fully saturated rings. The minimum atomic E-state index is -0.432. The van der Waals surface area contributed by atoms with Gasteiger partial charge >= 0.3 is 0 Å². The number of aryl methyl sites for hydroxylation is 3.